The average Bonchev–Trinajstić information content (AvgIpc) is 2.46. The Bertz CT molecular complexity index is 464. The Morgan fingerprint density at radius 2 is 2.00 bits per heavy atom. The van der Waals surface area contributed by atoms with Crippen LogP contribution in [0.2, 0.25) is 0 Å². The number of piperidine rings is 1. The van der Waals surface area contributed by atoms with Crippen LogP contribution in [0.4, 0.5) is 0 Å². The van der Waals surface area contributed by atoms with Gasteiger partial charge in [-0.25, -0.2) is 0 Å². The largest absolute Gasteiger partial charge is 0.493 e. The summed E-state index contributed by atoms with van der Waals surface area (Å²) in [6, 6.07) is 7.61. The molecular weight excluding hydrogens is 264 g/mol. The van der Waals surface area contributed by atoms with Crippen molar-refractivity contribution in [2.75, 3.05) is 20.8 Å². The van der Waals surface area contributed by atoms with Gasteiger partial charge >= 0.3 is 0 Å². The van der Waals surface area contributed by atoms with E-state index in [-0.39, 0.29) is 0 Å². The van der Waals surface area contributed by atoms with Gasteiger partial charge in [-0.15, -0.1) is 0 Å². The van der Waals surface area contributed by atoms with Gasteiger partial charge in [0.1, 0.15) is 0 Å². The van der Waals surface area contributed by atoms with Crippen molar-refractivity contribution in [1.82, 2.24) is 4.90 Å². The Balaban J connectivity index is 2.03. The topological polar surface area (TPSA) is 47.7 Å². The van der Waals surface area contributed by atoms with E-state index in [1.807, 2.05) is 6.07 Å². The van der Waals surface area contributed by atoms with Gasteiger partial charge in [0.05, 0.1) is 14.2 Å². The van der Waals surface area contributed by atoms with Gasteiger partial charge < -0.3 is 15.2 Å². The van der Waals surface area contributed by atoms with Crippen molar-refractivity contribution < 1.29 is 9.47 Å². The molecule has 1 aliphatic rings. The van der Waals surface area contributed by atoms with Crippen LogP contribution in [0.1, 0.15) is 32.3 Å². The van der Waals surface area contributed by atoms with E-state index >= 15 is 0 Å². The fourth-order valence-electron chi connectivity index (χ4n) is 3.35. The van der Waals surface area contributed by atoms with Gasteiger partial charge in [0, 0.05) is 24.7 Å². The maximum Gasteiger partial charge on any atom is 0.160 e. The number of hydrogen-bond acceptors (Lipinski definition) is 4. The molecule has 0 aromatic heterocycles. The van der Waals surface area contributed by atoms with E-state index in [0.717, 1.165) is 37.3 Å². The molecule has 4 heteroatoms. The molecular formula is C17H28N2O2. The lowest BCUT2D eigenvalue weighted by Gasteiger charge is -2.40. The van der Waals surface area contributed by atoms with Gasteiger partial charge in [0.15, 0.2) is 11.5 Å². The number of ether oxygens (including phenoxy) is 2. The second kappa shape index (κ2) is 7.14. The van der Waals surface area contributed by atoms with Crippen LogP contribution in [0, 0.1) is 0 Å². The Hall–Kier alpha value is -1.26. The number of rotatable bonds is 5. The third-order valence-corrected chi connectivity index (χ3v) is 4.51. The van der Waals surface area contributed by atoms with Crippen LogP contribution in [-0.4, -0.2) is 43.8 Å². The molecule has 2 N–H and O–H groups in total. The summed E-state index contributed by atoms with van der Waals surface area (Å²) in [5.41, 5.74) is 7.33. The lowest BCUT2D eigenvalue weighted by molar-refractivity contribution is 0.104. The molecule has 1 aliphatic heterocycles. The van der Waals surface area contributed by atoms with E-state index < -0.39 is 0 Å². The molecule has 1 fully saturated rings. The van der Waals surface area contributed by atoms with Gasteiger partial charge in [-0.3, -0.25) is 4.90 Å². The maximum atomic E-state index is 6.05. The maximum absolute atomic E-state index is 6.05. The number of nitrogens with two attached hydrogens (primary N) is 1. The predicted molar refractivity (Wildman–Crippen MR) is 86.1 cm³/mol. The summed E-state index contributed by atoms with van der Waals surface area (Å²) in [6.07, 6.45) is 3.21. The highest BCUT2D eigenvalue weighted by molar-refractivity contribution is 5.43. The average molecular weight is 292 g/mol. The molecule has 0 amide bonds. The summed E-state index contributed by atoms with van der Waals surface area (Å²) in [6.45, 7) is 5.67. The molecule has 3 atom stereocenters. The molecule has 21 heavy (non-hydrogen) atoms. The second-order valence-corrected chi connectivity index (χ2v) is 6.11. The second-order valence-electron chi connectivity index (χ2n) is 6.11. The number of benzene rings is 1. The van der Waals surface area contributed by atoms with E-state index in [1.54, 1.807) is 14.2 Å². The smallest absolute Gasteiger partial charge is 0.160 e. The van der Waals surface area contributed by atoms with Crippen molar-refractivity contribution in [3.05, 3.63) is 23.8 Å². The molecule has 1 saturated heterocycles. The van der Waals surface area contributed by atoms with Gasteiger partial charge in [-0.2, -0.15) is 0 Å². The van der Waals surface area contributed by atoms with Crippen LogP contribution in [0.5, 0.6) is 11.5 Å². The predicted octanol–water partition coefficient (Wildman–Crippen LogP) is 2.45. The molecule has 1 heterocycles. The highest BCUT2D eigenvalue weighted by Gasteiger charge is 2.26. The fourth-order valence-corrected chi connectivity index (χ4v) is 3.35. The third-order valence-electron chi connectivity index (χ3n) is 4.51. The molecule has 4 nitrogen and oxygen atoms in total. The number of likely N-dealkylation sites (tertiary alicyclic amines) is 1. The molecule has 0 saturated carbocycles. The zero-order valence-electron chi connectivity index (χ0n) is 13.6. The van der Waals surface area contributed by atoms with Gasteiger partial charge in [0.2, 0.25) is 0 Å². The van der Waals surface area contributed by atoms with Crippen LogP contribution in [0.3, 0.4) is 0 Å². The van der Waals surface area contributed by atoms with E-state index in [1.165, 1.54) is 5.56 Å². The van der Waals surface area contributed by atoms with Crippen molar-refractivity contribution in [2.24, 2.45) is 5.73 Å². The summed E-state index contributed by atoms with van der Waals surface area (Å²) in [7, 11) is 3.35. The van der Waals surface area contributed by atoms with Gasteiger partial charge in [-0.05, 0) is 50.8 Å². The van der Waals surface area contributed by atoms with Crippen molar-refractivity contribution in [2.45, 2.75) is 51.2 Å². The first-order valence-corrected chi connectivity index (χ1v) is 7.77. The van der Waals surface area contributed by atoms with Crippen molar-refractivity contribution in [3.8, 4) is 11.5 Å². The lowest BCUT2D eigenvalue weighted by atomic mass is 9.95. The first-order valence-electron chi connectivity index (χ1n) is 7.77. The van der Waals surface area contributed by atoms with E-state index in [9.17, 15) is 0 Å². The van der Waals surface area contributed by atoms with E-state index in [4.69, 9.17) is 15.2 Å². The summed E-state index contributed by atoms with van der Waals surface area (Å²) in [5, 5.41) is 0. The molecule has 1 aromatic carbocycles. The quantitative estimate of drug-likeness (QED) is 0.905. The monoisotopic (exact) mass is 292 g/mol. The molecule has 118 valence electrons. The van der Waals surface area contributed by atoms with Crippen LogP contribution in [0.25, 0.3) is 0 Å². The SMILES string of the molecule is COc1ccc(CC(C)N2CCC(N)CC2C)cc1OC. The molecule has 3 unspecified atom stereocenters. The van der Waals surface area contributed by atoms with Crippen molar-refractivity contribution >= 4 is 0 Å². The lowest BCUT2D eigenvalue weighted by Crippen LogP contribution is -2.49. The highest BCUT2D eigenvalue weighted by Crippen LogP contribution is 2.29. The number of nitrogens with zero attached hydrogens (tertiary/aromatic N) is 1. The van der Waals surface area contributed by atoms with Crippen molar-refractivity contribution in [1.29, 1.82) is 0 Å². The van der Waals surface area contributed by atoms with E-state index in [0.29, 0.717) is 18.1 Å². The van der Waals surface area contributed by atoms with Crippen LogP contribution < -0.4 is 15.2 Å². The minimum atomic E-state index is 0.365. The summed E-state index contributed by atoms with van der Waals surface area (Å²) >= 11 is 0. The summed E-state index contributed by atoms with van der Waals surface area (Å²) in [4.78, 5) is 2.57. The number of hydrogen-bond donors (Lipinski definition) is 1. The Morgan fingerprint density at radius 1 is 1.29 bits per heavy atom. The van der Waals surface area contributed by atoms with Crippen LogP contribution >= 0.6 is 0 Å². The van der Waals surface area contributed by atoms with E-state index in [2.05, 4.69) is 30.9 Å². The summed E-state index contributed by atoms with van der Waals surface area (Å²) in [5.74, 6) is 1.59. The number of methoxy groups -OCH3 is 2. The fraction of sp³-hybridized carbons (Fsp3) is 0.647. The molecule has 2 rings (SSSR count). The minimum absolute atomic E-state index is 0.365. The normalized spacial score (nSPS) is 24.6. The molecule has 0 spiro atoms. The van der Waals surface area contributed by atoms with Gasteiger partial charge in [-0.1, -0.05) is 6.07 Å². The molecule has 0 aliphatic carbocycles. The Kier molecular flexibility index (Phi) is 5.48. The molecule has 0 radical (unpaired) electrons. The van der Waals surface area contributed by atoms with Crippen LogP contribution in [0.15, 0.2) is 18.2 Å². The van der Waals surface area contributed by atoms with Crippen molar-refractivity contribution in [3.63, 3.8) is 0 Å². The first kappa shape index (κ1) is 16.1. The zero-order chi connectivity index (χ0) is 15.4. The highest BCUT2D eigenvalue weighted by atomic mass is 16.5. The van der Waals surface area contributed by atoms with Gasteiger partial charge in [0.25, 0.3) is 0 Å². The Morgan fingerprint density at radius 3 is 2.62 bits per heavy atom. The zero-order valence-corrected chi connectivity index (χ0v) is 13.6. The summed E-state index contributed by atoms with van der Waals surface area (Å²) < 4.78 is 10.7. The standard InChI is InChI=1S/C17H28N2O2/c1-12(19-8-7-15(18)10-13(19)2)9-14-5-6-16(20-3)17(11-14)21-4/h5-6,11-13,15H,7-10,18H2,1-4H3. The van der Waals surface area contributed by atoms with Crippen LogP contribution in [-0.2, 0) is 6.42 Å². The molecule has 1 aromatic rings. The Labute approximate surface area is 128 Å². The first-order chi connectivity index (χ1) is 10.0. The minimum Gasteiger partial charge on any atom is -0.493 e. The molecule has 0 bridgehead atoms. The third kappa shape index (κ3) is 3.89.